The van der Waals surface area contributed by atoms with Crippen molar-refractivity contribution in [3.05, 3.63) is 20.8 Å². The molecule has 0 N–H and O–H groups in total. The van der Waals surface area contributed by atoms with Crippen LogP contribution in [-0.2, 0) is 4.74 Å². The van der Waals surface area contributed by atoms with E-state index in [2.05, 4.69) is 15.9 Å². The molecule has 1 aliphatic rings. The molecule has 1 aliphatic heterocycles. The molecule has 14 heavy (non-hydrogen) atoms. The van der Waals surface area contributed by atoms with Gasteiger partial charge in [-0.2, -0.15) is 0 Å². The van der Waals surface area contributed by atoms with Crippen LogP contribution in [-0.4, -0.2) is 19.0 Å². The van der Waals surface area contributed by atoms with E-state index in [1.54, 1.807) is 0 Å². The van der Waals surface area contributed by atoms with Gasteiger partial charge in [0.25, 0.3) is 0 Å². The first-order chi connectivity index (χ1) is 6.77. The van der Waals surface area contributed by atoms with E-state index in [-0.39, 0.29) is 5.78 Å². The number of halogens is 1. The molecule has 1 aromatic rings. The van der Waals surface area contributed by atoms with Crippen LogP contribution >= 0.6 is 27.3 Å². The minimum atomic E-state index is 0.238. The molecule has 2 nitrogen and oxygen atoms in total. The largest absolute Gasteiger partial charge is 0.381 e. The van der Waals surface area contributed by atoms with Crippen LogP contribution in [0.25, 0.3) is 0 Å². The summed E-state index contributed by atoms with van der Waals surface area (Å²) in [6.45, 7) is 1.55. The summed E-state index contributed by atoms with van der Waals surface area (Å²) in [5.74, 6) is 0.666. The predicted molar refractivity (Wildman–Crippen MR) is 59.9 cm³/mol. The zero-order valence-electron chi connectivity index (χ0n) is 7.66. The third-order valence-corrected chi connectivity index (χ3v) is 4.25. The monoisotopic (exact) mass is 274 g/mol. The molecule has 76 valence electrons. The smallest absolute Gasteiger partial charge is 0.174 e. The van der Waals surface area contributed by atoms with Crippen LogP contribution in [0.5, 0.6) is 0 Å². The Labute approximate surface area is 95.4 Å². The van der Waals surface area contributed by atoms with Crippen molar-refractivity contribution < 1.29 is 9.53 Å². The lowest BCUT2D eigenvalue weighted by molar-refractivity contribution is 0.0956. The highest BCUT2D eigenvalue weighted by atomic mass is 79.9. The van der Waals surface area contributed by atoms with Crippen molar-refractivity contribution >= 4 is 33.0 Å². The van der Waals surface area contributed by atoms with Crippen LogP contribution in [0.2, 0.25) is 0 Å². The van der Waals surface area contributed by atoms with Gasteiger partial charge < -0.3 is 4.74 Å². The average molecular weight is 275 g/mol. The number of hydrogen-bond acceptors (Lipinski definition) is 3. The topological polar surface area (TPSA) is 26.3 Å². The summed E-state index contributed by atoms with van der Waals surface area (Å²) < 4.78 is 6.17. The summed E-state index contributed by atoms with van der Waals surface area (Å²) in [6.07, 6.45) is 1.65. The standard InChI is InChI=1S/C10H11BrO2S/c11-8-2-4-14-10(8)9(12)5-7-1-3-13-6-7/h2,4,7H,1,3,5-6H2. The maximum Gasteiger partial charge on any atom is 0.174 e. The summed E-state index contributed by atoms with van der Waals surface area (Å²) in [6, 6.07) is 1.92. The van der Waals surface area contributed by atoms with E-state index >= 15 is 0 Å². The number of carbonyl (C=O) groups excluding carboxylic acids is 1. The van der Waals surface area contributed by atoms with Crippen molar-refractivity contribution in [2.75, 3.05) is 13.2 Å². The van der Waals surface area contributed by atoms with Crippen LogP contribution in [0.4, 0.5) is 0 Å². The van der Waals surface area contributed by atoms with Gasteiger partial charge in [0.05, 0.1) is 4.88 Å². The fraction of sp³-hybridized carbons (Fsp3) is 0.500. The van der Waals surface area contributed by atoms with Crippen molar-refractivity contribution in [2.45, 2.75) is 12.8 Å². The number of ether oxygens (including phenoxy) is 1. The average Bonchev–Trinajstić information content (AvgIpc) is 2.75. The van der Waals surface area contributed by atoms with Crippen molar-refractivity contribution in [3.8, 4) is 0 Å². The second-order valence-electron chi connectivity index (χ2n) is 3.45. The molecule has 0 saturated carbocycles. The molecule has 2 heterocycles. The Balaban J connectivity index is 1.98. The van der Waals surface area contributed by atoms with Crippen LogP contribution in [0.3, 0.4) is 0 Å². The fourth-order valence-electron chi connectivity index (χ4n) is 1.59. The van der Waals surface area contributed by atoms with Gasteiger partial charge >= 0.3 is 0 Å². The molecule has 1 atom stereocenters. The molecular weight excluding hydrogens is 264 g/mol. The van der Waals surface area contributed by atoms with Crippen LogP contribution in [0.1, 0.15) is 22.5 Å². The molecule has 0 bridgehead atoms. The number of carbonyl (C=O) groups is 1. The summed E-state index contributed by atoms with van der Waals surface area (Å²) in [5.41, 5.74) is 0. The lowest BCUT2D eigenvalue weighted by Crippen LogP contribution is -2.07. The Morgan fingerprint density at radius 3 is 3.14 bits per heavy atom. The molecule has 0 amide bonds. The summed E-state index contributed by atoms with van der Waals surface area (Å²) in [5, 5.41) is 1.93. The van der Waals surface area contributed by atoms with Gasteiger partial charge in [0, 0.05) is 24.1 Å². The first-order valence-electron chi connectivity index (χ1n) is 4.61. The van der Waals surface area contributed by atoms with E-state index in [4.69, 9.17) is 4.74 Å². The molecule has 0 spiro atoms. The lowest BCUT2D eigenvalue weighted by atomic mass is 10.0. The van der Waals surface area contributed by atoms with E-state index in [0.29, 0.717) is 12.3 Å². The number of rotatable bonds is 3. The molecule has 4 heteroatoms. The Morgan fingerprint density at radius 2 is 2.57 bits per heavy atom. The predicted octanol–water partition coefficient (Wildman–Crippen LogP) is 3.12. The minimum Gasteiger partial charge on any atom is -0.381 e. The highest BCUT2D eigenvalue weighted by Crippen LogP contribution is 2.27. The normalized spacial score (nSPS) is 21.4. The van der Waals surface area contributed by atoms with Crippen molar-refractivity contribution in [3.63, 3.8) is 0 Å². The summed E-state index contributed by atoms with van der Waals surface area (Å²) >= 11 is 4.88. The van der Waals surface area contributed by atoms with Gasteiger partial charge in [-0.05, 0) is 39.7 Å². The third-order valence-electron chi connectivity index (χ3n) is 2.37. The molecule has 1 saturated heterocycles. The van der Waals surface area contributed by atoms with Gasteiger partial charge in [-0.3, -0.25) is 4.79 Å². The Morgan fingerprint density at radius 1 is 1.71 bits per heavy atom. The zero-order chi connectivity index (χ0) is 9.97. The zero-order valence-corrected chi connectivity index (χ0v) is 10.1. The van der Waals surface area contributed by atoms with Gasteiger partial charge in [-0.1, -0.05) is 0 Å². The van der Waals surface area contributed by atoms with Gasteiger partial charge in [-0.15, -0.1) is 11.3 Å². The fourth-order valence-corrected chi connectivity index (χ4v) is 3.14. The minimum absolute atomic E-state index is 0.238. The van der Waals surface area contributed by atoms with Crippen LogP contribution < -0.4 is 0 Å². The maximum absolute atomic E-state index is 11.8. The van der Waals surface area contributed by atoms with E-state index < -0.39 is 0 Å². The van der Waals surface area contributed by atoms with E-state index in [0.717, 1.165) is 29.0 Å². The van der Waals surface area contributed by atoms with E-state index in [1.807, 2.05) is 11.4 Å². The van der Waals surface area contributed by atoms with Gasteiger partial charge in [0.15, 0.2) is 5.78 Å². The molecule has 0 aliphatic carbocycles. The van der Waals surface area contributed by atoms with Crippen LogP contribution in [0.15, 0.2) is 15.9 Å². The number of ketones is 1. The molecule has 0 radical (unpaired) electrons. The Kier molecular flexibility index (Phi) is 3.36. The van der Waals surface area contributed by atoms with Gasteiger partial charge in [0.1, 0.15) is 0 Å². The Hall–Kier alpha value is -0.190. The SMILES string of the molecule is O=C(CC1CCOC1)c1sccc1Br. The maximum atomic E-state index is 11.8. The second kappa shape index (κ2) is 4.55. The van der Waals surface area contributed by atoms with E-state index in [1.165, 1.54) is 11.3 Å². The highest BCUT2D eigenvalue weighted by molar-refractivity contribution is 9.10. The molecular formula is C10H11BrO2S. The number of Topliss-reactive ketones (excluding diaryl/α,β-unsaturated/α-hetero) is 1. The molecule has 1 aromatic heterocycles. The van der Waals surface area contributed by atoms with Crippen molar-refractivity contribution in [1.29, 1.82) is 0 Å². The highest BCUT2D eigenvalue weighted by Gasteiger charge is 2.21. The molecule has 2 rings (SSSR count). The molecule has 1 fully saturated rings. The van der Waals surface area contributed by atoms with Gasteiger partial charge in [-0.25, -0.2) is 0 Å². The number of thiophene rings is 1. The molecule has 0 aromatic carbocycles. The second-order valence-corrected chi connectivity index (χ2v) is 5.23. The lowest BCUT2D eigenvalue weighted by Gasteiger charge is -2.04. The van der Waals surface area contributed by atoms with Crippen molar-refractivity contribution in [1.82, 2.24) is 0 Å². The quantitative estimate of drug-likeness (QED) is 0.792. The first-order valence-corrected chi connectivity index (χ1v) is 6.28. The third kappa shape index (κ3) is 2.24. The van der Waals surface area contributed by atoms with Gasteiger partial charge in [0.2, 0.25) is 0 Å². The molecule has 1 unspecified atom stereocenters. The first kappa shape index (κ1) is 10.3. The number of hydrogen-bond donors (Lipinski definition) is 0. The summed E-state index contributed by atoms with van der Waals surface area (Å²) in [4.78, 5) is 12.7. The van der Waals surface area contributed by atoms with Crippen molar-refractivity contribution in [2.24, 2.45) is 5.92 Å². The summed E-state index contributed by atoms with van der Waals surface area (Å²) in [7, 11) is 0. The Bertz CT molecular complexity index is 329. The van der Waals surface area contributed by atoms with E-state index in [9.17, 15) is 4.79 Å². The van der Waals surface area contributed by atoms with Crippen LogP contribution in [0, 0.1) is 5.92 Å².